The minimum Gasteiger partial charge on any atom is -0.497 e. The smallest absolute Gasteiger partial charge is 0.119 e. The van der Waals surface area contributed by atoms with Gasteiger partial charge in [0, 0.05) is 18.0 Å². The lowest BCUT2D eigenvalue weighted by Crippen LogP contribution is -2.43. The van der Waals surface area contributed by atoms with Crippen LogP contribution in [0.1, 0.15) is 13.8 Å². The molecule has 0 aromatic heterocycles. The minimum atomic E-state index is -0.0508. The summed E-state index contributed by atoms with van der Waals surface area (Å²) in [4.78, 5) is 0. The number of hydrogen-bond donors (Lipinski definition) is 1. The van der Waals surface area contributed by atoms with Gasteiger partial charge in [-0.1, -0.05) is 0 Å². The molecule has 0 saturated carbocycles. The number of methoxy groups -OCH3 is 1. The zero-order valence-corrected chi connectivity index (χ0v) is 11.4. The highest BCUT2D eigenvalue weighted by molar-refractivity contribution is 6.18. The van der Waals surface area contributed by atoms with E-state index in [1.165, 1.54) is 0 Å². The standard InChI is InChI=1S/C13H20ClNO2/c1-13(2,10-14)15-8-9-17-12-6-4-11(16-3)5-7-12/h4-7,15H,8-10H2,1-3H3. The van der Waals surface area contributed by atoms with E-state index in [0.717, 1.165) is 18.0 Å². The van der Waals surface area contributed by atoms with Crippen molar-refractivity contribution >= 4 is 11.6 Å². The molecule has 4 heteroatoms. The van der Waals surface area contributed by atoms with Gasteiger partial charge in [-0.05, 0) is 38.1 Å². The van der Waals surface area contributed by atoms with Crippen molar-refractivity contribution < 1.29 is 9.47 Å². The number of halogens is 1. The van der Waals surface area contributed by atoms with E-state index in [4.69, 9.17) is 21.1 Å². The van der Waals surface area contributed by atoms with Crippen LogP contribution in [0.15, 0.2) is 24.3 Å². The minimum absolute atomic E-state index is 0.0508. The molecular formula is C13H20ClNO2. The van der Waals surface area contributed by atoms with Crippen molar-refractivity contribution in [3.8, 4) is 11.5 Å². The van der Waals surface area contributed by atoms with Gasteiger partial charge in [-0.25, -0.2) is 0 Å². The van der Waals surface area contributed by atoms with Crippen LogP contribution in [0, 0.1) is 0 Å². The maximum atomic E-state index is 5.81. The van der Waals surface area contributed by atoms with Crippen LogP contribution in [0.5, 0.6) is 11.5 Å². The summed E-state index contributed by atoms with van der Waals surface area (Å²) in [7, 11) is 1.65. The number of benzene rings is 1. The molecule has 0 saturated heterocycles. The molecule has 0 heterocycles. The zero-order valence-electron chi connectivity index (χ0n) is 10.6. The highest BCUT2D eigenvalue weighted by Gasteiger charge is 2.14. The van der Waals surface area contributed by atoms with E-state index in [9.17, 15) is 0 Å². The quantitative estimate of drug-likeness (QED) is 0.602. The number of alkyl halides is 1. The van der Waals surface area contributed by atoms with Crippen molar-refractivity contribution in [3.63, 3.8) is 0 Å². The molecule has 3 nitrogen and oxygen atoms in total. The largest absolute Gasteiger partial charge is 0.497 e. The second-order valence-corrected chi connectivity index (χ2v) is 4.74. The van der Waals surface area contributed by atoms with Crippen molar-refractivity contribution in [2.24, 2.45) is 0 Å². The Morgan fingerprint density at radius 1 is 1.18 bits per heavy atom. The molecule has 0 bridgehead atoms. The Hall–Kier alpha value is -0.930. The third-order valence-electron chi connectivity index (χ3n) is 2.37. The molecule has 17 heavy (non-hydrogen) atoms. The van der Waals surface area contributed by atoms with E-state index in [2.05, 4.69) is 19.2 Å². The van der Waals surface area contributed by atoms with Gasteiger partial charge in [0.1, 0.15) is 18.1 Å². The first kappa shape index (κ1) is 14.1. The highest BCUT2D eigenvalue weighted by atomic mass is 35.5. The van der Waals surface area contributed by atoms with Gasteiger partial charge in [0.2, 0.25) is 0 Å². The average molecular weight is 258 g/mol. The van der Waals surface area contributed by atoms with Crippen LogP contribution in [0.25, 0.3) is 0 Å². The Bertz CT molecular complexity index is 325. The Kier molecular flexibility index (Phi) is 5.59. The molecule has 1 rings (SSSR count). The number of ether oxygens (including phenoxy) is 2. The molecule has 1 N–H and O–H groups in total. The summed E-state index contributed by atoms with van der Waals surface area (Å²) in [6.07, 6.45) is 0. The molecule has 0 radical (unpaired) electrons. The van der Waals surface area contributed by atoms with Gasteiger partial charge in [0.05, 0.1) is 7.11 Å². The van der Waals surface area contributed by atoms with E-state index in [-0.39, 0.29) is 5.54 Å². The summed E-state index contributed by atoms with van der Waals surface area (Å²) in [5.74, 6) is 2.25. The second-order valence-electron chi connectivity index (χ2n) is 4.47. The predicted octanol–water partition coefficient (Wildman–Crippen LogP) is 2.68. The van der Waals surface area contributed by atoms with Gasteiger partial charge in [-0.15, -0.1) is 11.6 Å². The van der Waals surface area contributed by atoms with Gasteiger partial charge in [-0.3, -0.25) is 0 Å². The van der Waals surface area contributed by atoms with E-state index in [0.29, 0.717) is 12.5 Å². The van der Waals surface area contributed by atoms with Gasteiger partial charge in [0.25, 0.3) is 0 Å². The summed E-state index contributed by atoms with van der Waals surface area (Å²) >= 11 is 5.81. The Morgan fingerprint density at radius 2 is 1.76 bits per heavy atom. The van der Waals surface area contributed by atoms with Crippen molar-refractivity contribution in [3.05, 3.63) is 24.3 Å². The number of nitrogens with one attached hydrogen (secondary N) is 1. The highest BCUT2D eigenvalue weighted by Crippen LogP contribution is 2.16. The van der Waals surface area contributed by atoms with E-state index >= 15 is 0 Å². The molecule has 0 aliphatic carbocycles. The van der Waals surface area contributed by atoms with Crippen LogP contribution in [-0.4, -0.2) is 31.7 Å². The summed E-state index contributed by atoms with van der Waals surface area (Å²) < 4.78 is 10.7. The third kappa shape index (κ3) is 5.29. The average Bonchev–Trinajstić information content (AvgIpc) is 2.35. The van der Waals surface area contributed by atoms with Gasteiger partial charge < -0.3 is 14.8 Å². The van der Waals surface area contributed by atoms with Crippen molar-refractivity contribution in [2.75, 3.05) is 26.1 Å². The van der Waals surface area contributed by atoms with Gasteiger partial charge in [0.15, 0.2) is 0 Å². The predicted molar refractivity (Wildman–Crippen MR) is 71.3 cm³/mol. The van der Waals surface area contributed by atoms with E-state index in [1.54, 1.807) is 7.11 Å². The fraction of sp³-hybridized carbons (Fsp3) is 0.538. The zero-order chi connectivity index (χ0) is 12.7. The monoisotopic (exact) mass is 257 g/mol. The fourth-order valence-corrected chi connectivity index (χ4v) is 1.37. The van der Waals surface area contributed by atoms with Crippen molar-refractivity contribution in [1.82, 2.24) is 5.32 Å². The lowest BCUT2D eigenvalue weighted by atomic mass is 10.1. The molecule has 0 amide bonds. The molecule has 0 aliphatic rings. The molecule has 0 spiro atoms. The summed E-state index contributed by atoms with van der Waals surface area (Å²) in [6.45, 7) is 5.51. The number of rotatable bonds is 7. The van der Waals surface area contributed by atoms with E-state index in [1.807, 2.05) is 24.3 Å². The molecular weight excluding hydrogens is 238 g/mol. The maximum Gasteiger partial charge on any atom is 0.119 e. The summed E-state index contributed by atoms with van der Waals surface area (Å²) in [6, 6.07) is 7.55. The molecule has 1 aromatic carbocycles. The van der Waals surface area contributed by atoms with Crippen LogP contribution in [0.3, 0.4) is 0 Å². The van der Waals surface area contributed by atoms with Crippen LogP contribution < -0.4 is 14.8 Å². The van der Waals surface area contributed by atoms with E-state index < -0.39 is 0 Å². The first-order valence-corrected chi connectivity index (χ1v) is 6.19. The third-order valence-corrected chi connectivity index (χ3v) is 3.04. The first-order chi connectivity index (χ1) is 8.07. The Morgan fingerprint density at radius 3 is 2.29 bits per heavy atom. The number of hydrogen-bond acceptors (Lipinski definition) is 3. The fourth-order valence-electron chi connectivity index (χ4n) is 1.28. The lowest BCUT2D eigenvalue weighted by Gasteiger charge is -2.23. The van der Waals surface area contributed by atoms with Crippen molar-refractivity contribution in [1.29, 1.82) is 0 Å². The second kappa shape index (κ2) is 6.72. The molecule has 0 atom stereocenters. The molecule has 0 fully saturated rings. The summed E-state index contributed by atoms with van der Waals surface area (Å²) in [5.41, 5.74) is -0.0508. The van der Waals surface area contributed by atoms with Crippen molar-refractivity contribution in [2.45, 2.75) is 19.4 Å². The molecule has 0 unspecified atom stereocenters. The van der Waals surface area contributed by atoms with Crippen LogP contribution in [0.2, 0.25) is 0 Å². The maximum absolute atomic E-state index is 5.81. The summed E-state index contributed by atoms with van der Waals surface area (Å²) in [5, 5.41) is 3.32. The lowest BCUT2D eigenvalue weighted by molar-refractivity contribution is 0.291. The normalized spacial score (nSPS) is 11.3. The van der Waals surface area contributed by atoms with Crippen LogP contribution >= 0.6 is 11.6 Å². The van der Waals surface area contributed by atoms with Gasteiger partial charge in [-0.2, -0.15) is 0 Å². The topological polar surface area (TPSA) is 30.5 Å². The molecule has 0 aliphatic heterocycles. The SMILES string of the molecule is COc1ccc(OCCNC(C)(C)CCl)cc1. The van der Waals surface area contributed by atoms with Crippen LogP contribution in [-0.2, 0) is 0 Å². The van der Waals surface area contributed by atoms with Gasteiger partial charge >= 0.3 is 0 Å². The molecule has 1 aromatic rings. The Balaban J connectivity index is 2.26. The Labute approximate surface area is 108 Å². The molecule has 96 valence electrons. The first-order valence-electron chi connectivity index (χ1n) is 5.65. The van der Waals surface area contributed by atoms with Crippen LogP contribution in [0.4, 0.5) is 0 Å².